The van der Waals surface area contributed by atoms with Crippen molar-refractivity contribution in [3.63, 3.8) is 0 Å². The number of carbonyl (C=O) groups excluding carboxylic acids is 1. The van der Waals surface area contributed by atoms with Crippen molar-refractivity contribution in [1.82, 2.24) is 19.3 Å². The van der Waals surface area contributed by atoms with Crippen molar-refractivity contribution < 1.29 is 9.90 Å². The Balaban J connectivity index is 1.84. The minimum atomic E-state index is -0.715. The highest BCUT2D eigenvalue weighted by molar-refractivity contribution is 5.92. The van der Waals surface area contributed by atoms with Crippen LogP contribution in [0.15, 0.2) is 29.3 Å². The monoisotopic (exact) mass is 408 g/mol. The number of aryl methyl sites for hydroxylation is 2. The fourth-order valence-electron chi connectivity index (χ4n) is 4.71. The minimum absolute atomic E-state index is 0.222. The lowest BCUT2D eigenvalue weighted by molar-refractivity contribution is 0.100. The van der Waals surface area contributed by atoms with Crippen LogP contribution in [0.25, 0.3) is 11.0 Å². The third-order valence-electron chi connectivity index (χ3n) is 6.20. The number of rotatable bonds is 6. The standard InChI is InChI=1S/C23H28N4O3/c1-4-7-17-8-9-18-15(2)12-27(22(18)24-17)23(10-5-6-11-23)14-26-13-19(29)21(30)20(25-26)16(3)28/h8-9,12-13,29H,4-7,10-11,14H2,1-3H3. The molecule has 0 unspecified atom stereocenters. The molecule has 0 aliphatic heterocycles. The summed E-state index contributed by atoms with van der Waals surface area (Å²) in [5.41, 5.74) is 2.01. The van der Waals surface area contributed by atoms with Crippen LogP contribution in [0, 0.1) is 6.92 Å². The predicted molar refractivity (Wildman–Crippen MR) is 115 cm³/mol. The van der Waals surface area contributed by atoms with E-state index in [2.05, 4.69) is 41.8 Å². The molecule has 7 nitrogen and oxygen atoms in total. The van der Waals surface area contributed by atoms with Crippen molar-refractivity contribution >= 4 is 16.8 Å². The fraction of sp³-hybridized carbons (Fsp3) is 0.478. The highest BCUT2D eigenvalue weighted by Crippen LogP contribution is 2.41. The lowest BCUT2D eigenvalue weighted by Crippen LogP contribution is -2.36. The number of hydrogen-bond donors (Lipinski definition) is 1. The van der Waals surface area contributed by atoms with E-state index in [9.17, 15) is 14.7 Å². The van der Waals surface area contributed by atoms with Gasteiger partial charge in [-0.2, -0.15) is 5.10 Å². The molecule has 0 bridgehead atoms. The summed E-state index contributed by atoms with van der Waals surface area (Å²) >= 11 is 0. The first-order valence-corrected chi connectivity index (χ1v) is 10.6. The fourth-order valence-corrected chi connectivity index (χ4v) is 4.71. The molecule has 0 atom stereocenters. The van der Waals surface area contributed by atoms with Gasteiger partial charge >= 0.3 is 0 Å². The molecule has 3 aromatic heterocycles. The van der Waals surface area contributed by atoms with E-state index in [1.807, 2.05) is 0 Å². The van der Waals surface area contributed by atoms with E-state index >= 15 is 0 Å². The maximum atomic E-state index is 12.1. The number of aromatic hydroxyl groups is 1. The largest absolute Gasteiger partial charge is 0.503 e. The van der Waals surface area contributed by atoms with Crippen LogP contribution in [0.1, 0.15) is 67.7 Å². The Labute approximate surface area is 175 Å². The van der Waals surface area contributed by atoms with Gasteiger partial charge in [-0.25, -0.2) is 4.98 Å². The summed E-state index contributed by atoms with van der Waals surface area (Å²) in [6.45, 7) is 6.00. The average molecular weight is 409 g/mol. The van der Waals surface area contributed by atoms with Gasteiger partial charge < -0.3 is 9.67 Å². The van der Waals surface area contributed by atoms with Crippen LogP contribution in [0.4, 0.5) is 0 Å². The Bertz CT molecular complexity index is 1170. The third kappa shape index (κ3) is 3.42. The average Bonchev–Trinajstić information content (AvgIpc) is 3.30. The van der Waals surface area contributed by atoms with Crippen molar-refractivity contribution in [1.29, 1.82) is 0 Å². The van der Waals surface area contributed by atoms with Crippen LogP contribution >= 0.6 is 0 Å². The van der Waals surface area contributed by atoms with E-state index < -0.39 is 17.0 Å². The summed E-state index contributed by atoms with van der Waals surface area (Å²) in [5, 5.41) is 15.5. The van der Waals surface area contributed by atoms with Gasteiger partial charge in [0.2, 0.25) is 0 Å². The van der Waals surface area contributed by atoms with E-state index in [-0.39, 0.29) is 11.2 Å². The van der Waals surface area contributed by atoms with E-state index in [0.29, 0.717) is 6.54 Å². The van der Waals surface area contributed by atoms with Crippen molar-refractivity contribution in [2.45, 2.75) is 71.4 Å². The summed E-state index contributed by atoms with van der Waals surface area (Å²) in [5.74, 6) is -0.890. The number of nitrogens with zero attached hydrogens (tertiary/aromatic N) is 4. The second-order valence-electron chi connectivity index (χ2n) is 8.48. The first kappa shape index (κ1) is 20.3. The molecule has 0 spiro atoms. The number of fused-ring (bicyclic) bond motifs is 1. The van der Waals surface area contributed by atoms with Gasteiger partial charge in [-0.1, -0.05) is 26.2 Å². The Morgan fingerprint density at radius 3 is 2.63 bits per heavy atom. The van der Waals surface area contributed by atoms with Crippen LogP contribution in [0.3, 0.4) is 0 Å². The molecule has 1 aliphatic rings. The van der Waals surface area contributed by atoms with Gasteiger partial charge in [-0.3, -0.25) is 14.3 Å². The molecule has 1 aliphatic carbocycles. The van der Waals surface area contributed by atoms with Gasteiger partial charge in [0.15, 0.2) is 17.2 Å². The summed E-state index contributed by atoms with van der Waals surface area (Å²) in [4.78, 5) is 28.9. The highest BCUT2D eigenvalue weighted by atomic mass is 16.3. The van der Waals surface area contributed by atoms with Crippen molar-refractivity contribution in [3.05, 3.63) is 51.7 Å². The van der Waals surface area contributed by atoms with Crippen LogP contribution in [0.5, 0.6) is 5.75 Å². The molecule has 3 aromatic rings. The van der Waals surface area contributed by atoms with Crippen LogP contribution in [-0.2, 0) is 18.5 Å². The maximum Gasteiger partial charge on any atom is 0.252 e. The minimum Gasteiger partial charge on any atom is -0.503 e. The van der Waals surface area contributed by atoms with Gasteiger partial charge in [0.05, 0.1) is 18.3 Å². The lowest BCUT2D eigenvalue weighted by Gasteiger charge is -2.32. The summed E-state index contributed by atoms with van der Waals surface area (Å²) in [7, 11) is 0. The zero-order valence-corrected chi connectivity index (χ0v) is 17.8. The number of aromatic nitrogens is 4. The molecule has 158 valence electrons. The molecule has 3 heterocycles. The van der Waals surface area contributed by atoms with Gasteiger partial charge in [0.1, 0.15) is 5.65 Å². The molecule has 0 amide bonds. The summed E-state index contributed by atoms with van der Waals surface area (Å²) < 4.78 is 3.82. The topological polar surface area (TPSA) is 90.0 Å². The van der Waals surface area contributed by atoms with Gasteiger partial charge in [0.25, 0.3) is 5.43 Å². The number of carbonyl (C=O) groups is 1. The molecular weight excluding hydrogens is 380 g/mol. The van der Waals surface area contributed by atoms with E-state index in [4.69, 9.17) is 4.98 Å². The summed E-state index contributed by atoms with van der Waals surface area (Å²) in [6, 6.07) is 4.25. The van der Waals surface area contributed by atoms with E-state index in [1.54, 1.807) is 4.68 Å². The molecule has 4 rings (SSSR count). The predicted octanol–water partition coefficient (Wildman–Crippen LogP) is 3.73. The molecule has 1 saturated carbocycles. The highest BCUT2D eigenvalue weighted by Gasteiger charge is 2.38. The van der Waals surface area contributed by atoms with Crippen molar-refractivity contribution in [3.8, 4) is 5.75 Å². The summed E-state index contributed by atoms with van der Waals surface area (Å²) in [6.07, 6.45) is 9.52. The van der Waals surface area contributed by atoms with Crippen LogP contribution < -0.4 is 5.43 Å². The number of hydrogen-bond acceptors (Lipinski definition) is 5. The van der Waals surface area contributed by atoms with Gasteiger partial charge in [-0.05, 0) is 43.9 Å². The maximum absolute atomic E-state index is 12.1. The number of ketones is 1. The Hall–Kier alpha value is -2.96. The Morgan fingerprint density at radius 2 is 1.97 bits per heavy atom. The van der Waals surface area contributed by atoms with Crippen LogP contribution in [-0.4, -0.2) is 30.2 Å². The molecule has 1 fully saturated rings. The number of pyridine rings is 1. The number of Topliss-reactive ketones (excluding diaryl/α,β-unsaturated/α-hetero) is 1. The molecule has 7 heteroatoms. The van der Waals surface area contributed by atoms with Crippen LogP contribution in [0.2, 0.25) is 0 Å². The smallest absolute Gasteiger partial charge is 0.252 e. The first-order chi connectivity index (χ1) is 14.3. The molecular formula is C23H28N4O3. The van der Waals surface area contributed by atoms with Crippen molar-refractivity contribution in [2.24, 2.45) is 0 Å². The molecule has 1 N–H and O–H groups in total. The molecule has 30 heavy (non-hydrogen) atoms. The molecule has 0 saturated heterocycles. The van der Waals surface area contributed by atoms with E-state index in [1.165, 1.54) is 18.7 Å². The molecule has 0 radical (unpaired) electrons. The first-order valence-electron chi connectivity index (χ1n) is 10.6. The van der Waals surface area contributed by atoms with Crippen molar-refractivity contribution in [2.75, 3.05) is 0 Å². The lowest BCUT2D eigenvalue weighted by atomic mass is 9.97. The quantitative estimate of drug-likeness (QED) is 0.628. The Kier molecular flexibility index (Phi) is 5.22. The SMILES string of the molecule is CCCc1ccc2c(C)cn(C3(Cn4cc(O)c(=O)c(C(C)=O)n4)CCCC3)c2n1. The molecule has 0 aromatic carbocycles. The Morgan fingerprint density at radius 1 is 1.23 bits per heavy atom. The second-order valence-corrected chi connectivity index (χ2v) is 8.48. The third-order valence-corrected chi connectivity index (χ3v) is 6.20. The van der Waals surface area contributed by atoms with Gasteiger partial charge in [0, 0.05) is 24.2 Å². The van der Waals surface area contributed by atoms with E-state index in [0.717, 1.165) is 55.3 Å². The second kappa shape index (κ2) is 7.70. The zero-order valence-electron chi connectivity index (χ0n) is 17.8. The van der Waals surface area contributed by atoms with Gasteiger partial charge in [-0.15, -0.1) is 0 Å². The zero-order chi connectivity index (χ0) is 21.5. The normalized spacial score (nSPS) is 15.7.